The van der Waals surface area contributed by atoms with Crippen LogP contribution in [0.25, 0.3) is 33.1 Å². The van der Waals surface area contributed by atoms with Gasteiger partial charge in [-0.3, -0.25) is 0 Å². The van der Waals surface area contributed by atoms with Gasteiger partial charge in [-0.1, -0.05) is 0 Å². The fourth-order valence-corrected chi connectivity index (χ4v) is 4.05. The molecule has 4 N–H and O–H groups in total. The quantitative estimate of drug-likeness (QED) is 0.324. The maximum Gasteiger partial charge on any atom is 0.336 e. The summed E-state index contributed by atoms with van der Waals surface area (Å²) in [6, 6.07) is 11.5. The molecule has 1 saturated heterocycles. The molecule has 2 aromatic carbocycles. The van der Waals surface area contributed by atoms with Crippen molar-refractivity contribution in [2.45, 2.75) is 37.6 Å². The first kappa shape index (κ1) is 22.1. The zero-order valence-corrected chi connectivity index (χ0v) is 17.7. The molecule has 10 nitrogen and oxygen atoms in total. The molecule has 5 atom stereocenters. The van der Waals surface area contributed by atoms with Crippen molar-refractivity contribution in [1.29, 1.82) is 0 Å². The Balaban J connectivity index is 1.77. The van der Waals surface area contributed by atoms with Gasteiger partial charge >= 0.3 is 11.3 Å². The Morgan fingerprint density at radius 2 is 1.29 bits per heavy atom. The van der Waals surface area contributed by atoms with Gasteiger partial charge in [0.1, 0.15) is 41.0 Å². The lowest BCUT2D eigenvalue weighted by Gasteiger charge is -2.39. The van der Waals surface area contributed by atoms with Gasteiger partial charge in [-0.15, -0.1) is 0 Å². The van der Waals surface area contributed by atoms with Gasteiger partial charge in [0.05, 0.1) is 17.2 Å². The van der Waals surface area contributed by atoms with Crippen LogP contribution in [0.1, 0.15) is 6.92 Å². The van der Waals surface area contributed by atoms with Crippen molar-refractivity contribution in [3.05, 3.63) is 69.4 Å². The minimum Gasteiger partial charge on any atom is -0.507 e. The molecule has 4 aromatic rings. The van der Waals surface area contributed by atoms with Crippen molar-refractivity contribution in [2.24, 2.45) is 0 Å². The van der Waals surface area contributed by atoms with E-state index in [9.17, 15) is 30.0 Å². The molecule has 5 rings (SSSR count). The maximum atomic E-state index is 12.1. The minimum atomic E-state index is -1.61. The molecule has 2 aromatic heterocycles. The van der Waals surface area contributed by atoms with Crippen LogP contribution in [0.2, 0.25) is 0 Å². The predicted octanol–water partition coefficient (Wildman–Crippen LogP) is 1.48. The average molecular weight is 468 g/mol. The number of aliphatic hydroxyl groups excluding tert-OH is 3. The van der Waals surface area contributed by atoms with Gasteiger partial charge in [-0.25, -0.2) is 9.59 Å². The first-order valence-electron chi connectivity index (χ1n) is 10.4. The Morgan fingerprint density at radius 3 is 1.94 bits per heavy atom. The van der Waals surface area contributed by atoms with Crippen LogP contribution in [0, 0.1) is 0 Å². The molecule has 1 aliphatic heterocycles. The van der Waals surface area contributed by atoms with Crippen molar-refractivity contribution < 1.29 is 38.7 Å². The van der Waals surface area contributed by atoms with Crippen molar-refractivity contribution in [2.75, 3.05) is 0 Å². The second-order valence-corrected chi connectivity index (χ2v) is 8.04. The maximum absolute atomic E-state index is 12.1. The number of fused-ring (bicyclic) bond motifs is 2. The van der Waals surface area contributed by atoms with Gasteiger partial charge in [0, 0.05) is 22.9 Å². The average Bonchev–Trinajstić information content (AvgIpc) is 2.81. The fourth-order valence-electron chi connectivity index (χ4n) is 4.05. The molecular formula is C24H20O10. The van der Waals surface area contributed by atoms with E-state index in [0.717, 1.165) is 0 Å². The number of hydrogen-bond donors (Lipinski definition) is 4. The fraction of sp³-hybridized carbons (Fsp3) is 0.250. The van der Waals surface area contributed by atoms with E-state index >= 15 is 0 Å². The molecule has 1 aliphatic rings. The van der Waals surface area contributed by atoms with Gasteiger partial charge in [0.25, 0.3) is 0 Å². The summed E-state index contributed by atoms with van der Waals surface area (Å²) in [6.45, 7) is 1.50. The third-order valence-electron chi connectivity index (χ3n) is 5.82. The van der Waals surface area contributed by atoms with E-state index < -0.39 is 42.0 Å². The van der Waals surface area contributed by atoms with Crippen LogP contribution < -0.4 is 16.0 Å². The van der Waals surface area contributed by atoms with Crippen LogP contribution in [-0.4, -0.2) is 51.1 Å². The van der Waals surface area contributed by atoms with Crippen LogP contribution >= 0.6 is 0 Å². The van der Waals surface area contributed by atoms with Crippen LogP contribution in [-0.2, 0) is 4.74 Å². The van der Waals surface area contributed by atoms with E-state index in [0.29, 0.717) is 10.8 Å². The number of aliphatic hydroxyl groups is 3. The summed E-state index contributed by atoms with van der Waals surface area (Å²) in [5, 5.41) is 42.3. The van der Waals surface area contributed by atoms with Gasteiger partial charge < -0.3 is 38.7 Å². The molecular weight excluding hydrogens is 448 g/mol. The summed E-state index contributed by atoms with van der Waals surface area (Å²) < 4.78 is 22.2. The van der Waals surface area contributed by atoms with Gasteiger partial charge in [0.15, 0.2) is 0 Å². The van der Waals surface area contributed by atoms with Crippen molar-refractivity contribution in [3.8, 4) is 22.6 Å². The lowest BCUT2D eigenvalue weighted by Crippen LogP contribution is -2.58. The lowest BCUT2D eigenvalue weighted by molar-refractivity contribution is -0.268. The molecule has 0 radical (unpaired) electrons. The highest BCUT2D eigenvalue weighted by Crippen LogP contribution is 2.45. The zero-order valence-electron chi connectivity index (χ0n) is 17.7. The van der Waals surface area contributed by atoms with E-state index in [4.69, 9.17) is 18.3 Å². The minimum absolute atomic E-state index is 0.00371. The number of ether oxygens (including phenoxy) is 2. The van der Waals surface area contributed by atoms with Crippen molar-refractivity contribution >= 4 is 21.9 Å². The van der Waals surface area contributed by atoms with Gasteiger partial charge in [-0.2, -0.15) is 0 Å². The van der Waals surface area contributed by atoms with Crippen LogP contribution in [0.4, 0.5) is 0 Å². The Morgan fingerprint density at radius 1 is 0.735 bits per heavy atom. The summed E-state index contributed by atoms with van der Waals surface area (Å²) in [6.07, 6.45) is -6.77. The molecule has 0 unspecified atom stereocenters. The second-order valence-electron chi connectivity index (χ2n) is 8.04. The first-order valence-corrected chi connectivity index (χ1v) is 10.4. The summed E-state index contributed by atoms with van der Waals surface area (Å²) in [4.78, 5) is 24.1. The van der Waals surface area contributed by atoms with Crippen LogP contribution in [0.15, 0.2) is 67.0 Å². The number of hydrogen-bond acceptors (Lipinski definition) is 10. The molecule has 34 heavy (non-hydrogen) atoms. The molecule has 0 bridgehead atoms. The van der Waals surface area contributed by atoms with Gasteiger partial charge in [-0.05, 0) is 43.3 Å². The summed E-state index contributed by atoms with van der Waals surface area (Å²) in [7, 11) is 0. The summed E-state index contributed by atoms with van der Waals surface area (Å²) in [5.74, 6) is -0.296. The normalized spacial score (nSPS) is 25.0. The Hall–Kier alpha value is -3.70. The van der Waals surface area contributed by atoms with E-state index in [-0.39, 0.29) is 33.8 Å². The molecule has 3 heterocycles. The number of aromatic hydroxyl groups is 1. The van der Waals surface area contributed by atoms with Crippen molar-refractivity contribution in [3.63, 3.8) is 0 Å². The van der Waals surface area contributed by atoms with E-state index in [1.54, 1.807) is 12.1 Å². The van der Waals surface area contributed by atoms with E-state index in [2.05, 4.69) is 0 Å². The molecule has 0 aliphatic carbocycles. The van der Waals surface area contributed by atoms with Crippen LogP contribution in [0.5, 0.6) is 11.5 Å². The van der Waals surface area contributed by atoms with Crippen molar-refractivity contribution in [1.82, 2.24) is 0 Å². The lowest BCUT2D eigenvalue weighted by atomic mass is 9.97. The molecule has 10 heteroatoms. The summed E-state index contributed by atoms with van der Waals surface area (Å²) >= 11 is 0. The topological polar surface area (TPSA) is 160 Å². The Bertz CT molecular complexity index is 1500. The van der Waals surface area contributed by atoms with Crippen LogP contribution in [0.3, 0.4) is 0 Å². The van der Waals surface area contributed by atoms with Gasteiger partial charge in [0.2, 0.25) is 6.29 Å². The molecule has 0 amide bonds. The highest BCUT2D eigenvalue weighted by molar-refractivity contribution is 6.05. The predicted molar refractivity (Wildman–Crippen MR) is 119 cm³/mol. The number of benzene rings is 2. The number of phenolic OH excluding ortho intramolecular Hbond substituents is 1. The second kappa shape index (κ2) is 8.26. The largest absolute Gasteiger partial charge is 0.507 e. The molecule has 1 fully saturated rings. The monoisotopic (exact) mass is 468 g/mol. The highest BCUT2D eigenvalue weighted by Gasteiger charge is 2.43. The third-order valence-corrected chi connectivity index (χ3v) is 5.82. The third kappa shape index (κ3) is 3.62. The molecule has 0 spiro atoms. The Kier molecular flexibility index (Phi) is 5.37. The molecule has 0 saturated carbocycles. The van der Waals surface area contributed by atoms with E-state index in [1.807, 2.05) is 0 Å². The standard InChI is InChI=1S/C24H20O10/c1-10-19(28)20(29)21(30)24(31-10)32-14-7-3-12-5-9-16(27)34-23(12)18(14)17-13(25)6-2-11-4-8-15(26)33-22(11)17/h2-10,19-21,24-25,28-30H,1H3/t10-,19-,20-,21-,24+/m0/s1. The number of rotatable bonds is 3. The molecule has 176 valence electrons. The Labute approximate surface area is 190 Å². The van der Waals surface area contributed by atoms with E-state index in [1.165, 1.54) is 43.3 Å². The highest BCUT2D eigenvalue weighted by atomic mass is 16.7. The SMILES string of the molecule is C[C@@H]1O[C@H](Oc2ccc3ccc(=O)oc3c2-c2c(O)ccc3ccc(=O)oc23)[C@@H](O)[C@@H](O)[C@H]1O. The first-order chi connectivity index (χ1) is 16.2. The number of phenols is 1. The zero-order chi connectivity index (χ0) is 24.1. The smallest absolute Gasteiger partial charge is 0.336 e. The summed E-state index contributed by atoms with van der Waals surface area (Å²) in [5.41, 5.74) is -1.21.